The molecule has 1 nitrogen and oxygen atoms in total. The molecule has 0 fully saturated rings. The lowest BCUT2D eigenvalue weighted by molar-refractivity contribution is 1.14. The van der Waals surface area contributed by atoms with Crippen molar-refractivity contribution in [2.75, 3.05) is 19.1 Å². The fourth-order valence-corrected chi connectivity index (χ4v) is 0.183. The van der Waals surface area contributed by atoms with E-state index < -0.39 is 0 Å². The van der Waals surface area contributed by atoms with E-state index in [0.29, 0.717) is 0 Å². The third kappa shape index (κ3) is 1150. The highest BCUT2D eigenvalue weighted by atomic mass is 32.2. The number of aliphatic imine (C=N–C) groups is 1. The molecule has 0 aliphatic heterocycles. The molecule has 0 saturated heterocycles. The Bertz CT molecular complexity index is 93.6. The number of rotatable bonds is 1. The fourth-order valence-electron chi connectivity index (χ4n) is 0.183. The highest BCUT2D eigenvalue weighted by Gasteiger charge is 1.51. The molecule has 0 radical (unpaired) electrons. The van der Waals surface area contributed by atoms with E-state index in [4.69, 9.17) is 0 Å². The van der Waals surface area contributed by atoms with E-state index in [1.807, 2.05) is 67.9 Å². The molecule has 17 heavy (non-hydrogen) atoms. The van der Waals surface area contributed by atoms with E-state index in [0.717, 1.165) is 6.54 Å². The summed E-state index contributed by atoms with van der Waals surface area (Å²) < 4.78 is 0. The Morgan fingerprint density at radius 3 is 1.24 bits per heavy atom. The highest BCUT2D eigenvalue weighted by Crippen LogP contribution is 1.70. The lowest BCUT2D eigenvalue weighted by Crippen LogP contribution is -1.62. The van der Waals surface area contributed by atoms with Crippen LogP contribution in [-0.4, -0.2) is 25.3 Å². The van der Waals surface area contributed by atoms with Crippen LogP contribution in [0.2, 0.25) is 0 Å². The SMILES string of the molecule is C#CC.CC.CC.CC.CC=NCC.CSC. The minimum Gasteiger partial charge on any atom is -0.298 e. The predicted octanol–water partition coefficient (Wildman–Crippen LogP) is 5.79. The van der Waals surface area contributed by atoms with Gasteiger partial charge in [0.15, 0.2) is 0 Å². The van der Waals surface area contributed by atoms with Crippen molar-refractivity contribution in [3.8, 4) is 12.3 Å². The van der Waals surface area contributed by atoms with Gasteiger partial charge in [-0.1, -0.05) is 41.5 Å². The molecule has 0 unspecified atom stereocenters. The van der Waals surface area contributed by atoms with Crippen molar-refractivity contribution < 1.29 is 0 Å². The smallest absolute Gasteiger partial charge is 0.0356 e. The highest BCUT2D eigenvalue weighted by molar-refractivity contribution is 7.97. The largest absolute Gasteiger partial charge is 0.298 e. The van der Waals surface area contributed by atoms with Crippen molar-refractivity contribution >= 4 is 18.0 Å². The van der Waals surface area contributed by atoms with Crippen LogP contribution in [0, 0.1) is 12.3 Å². The Morgan fingerprint density at radius 2 is 1.24 bits per heavy atom. The molecule has 0 spiro atoms. The summed E-state index contributed by atoms with van der Waals surface area (Å²) in [5, 5.41) is 0. The van der Waals surface area contributed by atoms with E-state index in [1.54, 1.807) is 24.9 Å². The zero-order chi connectivity index (χ0) is 15.5. The molecular formula is C15H37NS. The van der Waals surface area contributed by atoms with Crippen LogP contribution in [-0.2, 0) is 0 Å². The maximum atomic E-state index is 4.60. The van der Waals surface area contributed by atoms with Crippen molar-refractivity contribution in [2.24, 2.45) is 4.99 Å². The second-order valence-electron chi connectivity index (χ2n) is 1.45. The predicted molar refractivity (Wildman–Crippen MR) is 92.7 cm³/mol. The van der Waals surface area contributed by atoms with Crippen LogP contribution >= 0.6 is 11.8 Å². The van der Waals surface area contributed by atoms with Gasteiger partial charge in [-0.2, -0.15) is 11.8 Å². The summed E-state index contributed by atoms with van der Waals surface area (Å²) in [6.45, 7) is 18.5. The molecule has 2 heteroatoms. The summed E-state index contributed by atoms with van der Waals surface area (Å²) in [7, 11) is 0. The first-order chi connectivity index (χ1) is 8.24. The Kier molecular flexibility index (Phi) is 334. The topological polar surface area (TPSA) is 12.4 Å². The summed E-state index contributed by atoms with van der Waals surface area (Å²) in [6, 6.07) is 0. The van der Waals surface area contributed by atoms with Crippen LogP contribution in [0.4, 0.5) is 0 Å². The summed E-state index contributed by atoms with van der Waals surface area (Å²) in [4.78, 5) is 3.85. The van der Waals surface area contributed by atoms with Crippen molar-refractivity contribution in [2.45, 2.75) is 62.3 Å². The van der Waals surface area contributed by atoms with Gasteiger partial charge in [-0.3, -0.25) is 4.99 Å². The average Bonchev–Trinajstić information content (AvgIpc) is 2.39. The first-order valence-corrected chi connectivity index (χ1v) is 8.10. The minimum absolute atomic E-state index is 0.913. The Hall–Kier alpha value is -0.420. The van der Waals surface area contributed by atoms with Gasteiger partial charge in [0.2, 0.25) is 0 Å². The van der Waals surface area contributed by atoms with Crippen LogP contribution in [0.5, 0.6) is 0 Å². The Balaban J connectivity index is -0.0000000225. The zero-order valence-corrected chi connectivity index (χ0v) is 15.0. The Morgan fingerprint density at radius 1 is 1.06 bits per heavy atom. The third-order valence-corrected chi connectivity index (χ3v) is 0.365. The average molecular weight is 264 g/mol. The molecule has 108 valence electrons. The summed E-state index contributed by atoms with van der Waals surface area (Å²) in [5.41, 5.74) is 0. The van der Waals surface area contributed by atoms with Gasteiger partial charge in [0, 0.05) is 6.54 Å². The van der Waals surface area contributed by atoms with E-state index in [-0.39, 0.29) is 0 Å². The standard InChI is InChI=1S/C4H9N.C3H4.C2H6S.3C2H6/c1-3-5-4-2;2*1-3-2;3*1-2/h3H,4H2,1-2H3;1H,2H3;1-2H3;3*1-2H3. The van der Waals surface area contributed by atoms with Gasteiger partial charge >= 0.3 is 0 Å². The number of hydrogen-bond acceptors (Lipinski definition) is 2. The van der Waals surface area contributed by atoms with Gasteiger partial charge in [-0.15, -0.1) is 12.3 Å². The first kappa shape index (κ1) is 36.0. The van der Waals surface area contributed by atoms with Crippen LogP contribution < -0.4 is 0 Å². The molecule has 0 N–H and O–H groups in total. The summed E-state index contributed by atoms with van der Waals surface area (Å²) >= 11 is 1.75. The molecule has 0 heterocycles. The molecule has 0 rings (SSSR count). The monoisotopic (exact) mass is 263 g/mol. The molecule has 0 aromatic heterocycles. The third-order valence-electron chi connectivity index (χ3n) is 0.365. The zero-order valence-electron chi connectivity index (χ0n) is 14.2. The molecule has 0 aliphatic carbocycles. The normalized spacial score (nSPS) is 5.53. The molecule has 0 atom stereocenters. The second-order valence-corrected chi connectivity index (χ2v) is 2.27. The van der Waals surface area contributed by atoms with Gasteiger partial charge in [-0.25, -0.2) is 0 Å². The summed E-state index contributed by atoms with van der Waals surface area (Å²) in [6.07, 6.45) is 10.5. The molecule has 0 amide bonds. The quantitative estimate of drug-likeness (QED) is 0.430. The molecule has 0 saturated carbocycles. The van der Waals surface area contributed by atoms with Gasteiger partial charge in [0.25, 0.3) is 0 Å². The first-order valence-electron chi connectivity index (χ1n) is 6.46. The van der Waals surface area contributed by atoms with Crippen LogP contribution in [0.1, 0.15) is 62.3 Å². The molecule has 0 aromatic carbocycles. The molecule has 0 bridgehead atoms. The lowest BCUT2D eigenvalue weighted by Gasteiger charge is -1.68. The minimum atomic E-state index is 0.913. The van der Waals surface area contributed by atoms with Crippen LogP contribution in [0.25, 0.3) is 0 Å². The molecular weight excluding hydrogens is 226 g/mol. The van der Waals surface area contributed by atoms with Gasteiger partial charge < -0.3 is 0 Å². The van der Waals surface area contributed by atoms with Gasteiger partial charge in [0.05, 0.1) is 0 Å². The van der Waals surface area contributed by atoms with E-state index in [9.17, 15) is 0 Å². The van der Waals surface area contributed by atoms with E-state index in [1.165, 1.54) is 0 Å². The fraction of sp³-hybridized carbons (Fsp3) is 0.800. The Labute approximate surface area is 117 Å². The van der Waals surface area contributed by atoms with Gasteiger partial charge in [-0.05, 0) is 39.5 Å². The number of nitrogens with zero attached hydrogens (tertiary/aromatic N) is 1. The second kappa shape index (κ2) is 158. The van der Waals surface area contributed by atoms with Crippen LogP contribution in [0.3, 0.4) is 0 Å². The van der Waals surface area contributed by atoms with Crippen molar-refractivity contribution in [3.63, 3.8) is 0 Å². The number of terminal acetylenes is 1. The van der Waals surface area contributed by atoms with Gasteiger partial charge in [0.1, 0.15) is 0 Å². The lowest BCUT2D eigenvalue weighted by atomic mass is 10.8. The molecule has 0 aromatic rings. The van der Waals surface area contributed by atoms with Crippen molar-refractivity contribution in [3.05, 3.63) is 0 Å². The summed E-state index contributed by atoms with van der Waals surface area (Å²) in [5.74, 6) is 2.25. The number of hydrogen-bond donors (Lipinski definition) is 0. The van der Waals surface area contributed by atoms with Crippen LogP contribution in [0.15, 0.2) is 4.99 Å². The maximum Gasteiger partial charge on any atom is 0.0356 e. The maximum absolute atomic E-state index is 4.60. The van der Waals surface area contributed by atoms with Crippen molar-refractivity contribution in [1.29, 1.82) is 0 Å². The van der Waals surface area contributed by atoms with E-state index >= 15 is 0 Å². The molecule has 0 aliphatic rings. The van der Waals surface area contributed by atoms with Crippen molar-refractivity contribution in [1.82, 2.24) is 0 Å². The van der Waals surface area contributed by atoms with E-state index in [2.05, 4.69) is 17.3 Å². The number of thioether (sulfide) groups is 1.